The van der Waals surface area contributed by atoms with Crippen molar-refractivity contribution >= 4 is 33.7 Å². The Hall–Kier alpha value is -3.87. The molecule has 0 amide bonds. The number of carbonyl (C=O) groups excluding carboxylic acids is 1. The molecule has 0 radical (unpaired) electrons. The molecule has 0 aliphatic heterocycles. The zero-order valence-corrected chi connectivity index (χ0v) is 19.4. The van der Waals surface area contributed by atoms with E-state index in [-0.39, 0.29) is 17.8 Å². The Morgan fingerprint density at radius 2 is 1.76 bits per heavy atom. The van der Waals surface area contributed by atoms with E-state index in [1.165, 1.54) is 0 Å². The summed E-state index contributed by atoms with van der Waals surface area (Å²) in [6.07, 6.45) is 1.82. The predicted octanol–water partition coefficient (Wildman–Crippen LogP) is 5.52. The molecule has 7 nitrogen and oxygen atoms in total. The smallest absolute Gasteiger partial charge is 0.313 e. The number of para-hydroxylation sites is 2. The van der Waals surface area contributed by atoms with Gasteiger partial charge >= 0.3 is 5.97 Å². The Bertz CT molecular complexity index is 1510. The number of nitrogens with zero attached hydrogens (tertiary/aromatic N) is 4. The van der Waals surface area contributed by atoms with Gasteiger partial charge in [-0.25, -0.2) is 9.97 Å². The maximum Gasteiger partial charge on any atom is 0.313 e. The Balaban J connectivity index is 1.91. The van der Waals surface area contributed by atoms with E-state index in [4.69, 9.17) is 19.4 Å². The van der Waals surface area contributed by atoms with E-state index in [0.29, 0.717) is 16.8 Å². The first-order chi connectivity index (χ1) is 15.9. The van der Waals surface area contributed by atoms with Gasteiger partial charge in [-0.2, -0.15) is 0 Å². The molecule has 0 bridgehead atoms. The molecular formula is C26H26N4O3. The summed E-state index contributed by atoms with van der Waals surface area (Å²) in [5.41, 5.74) is 4.10. The van der Waals surface area contributed by atoms with Gasteiger partial charge in [0.2, 0.25) is 0 Å². The van der Waals surface area contributed by atoms with Crippen molar-refractivity contribution < 1.29 is 14.3 Å². The van der Waals surface area contributed by atoms with Crippen molar-refractivity contribution in [1.29, 1.82) is 0 Å². The van der Waals surface area contributed by atoms with Gasteiger partial charge < -0.3 is 9.47 Å². The number of benzene rings is 2. The average Bonchev–Trinajstić information content (AvgIpc) is 3.37. The van der Waals surface area contributed by atoms with E-state index < -0.39 is 0 Å². The third-order valence-electron chi connectivity index (χ3n) is 5.71. The van der Waals surface area contributed by atoms with Crippen LogP contribution in [0, 0.1) is 5.92 Å². The molecule has 2 aromatic carbocycles. The third kappa shape index (κ3) is 3.40. The van der Waals surface area contributed by atoms with Crippen LogP contribution in [0.15, 0.2) is 54.7 Å². The summed E-state index contributed by atoms with van der Waals surface area (Å²) >= 11 is 0. The zero-order chi connectivity index (χ0) is 23.3. The lowest BCUT2D eigenvalue weighted by Crippen LogP contribution is -2.14. The molecule has 3 aromatic heterocycles. The minimum atomic E-state index is -0.304. The van der Waals surface area contributed by atoms with Crippen LogP contribution in [0.2, 0.25) is 0 Å². The van der Waals surface area contributed by atoms with Crippen LogP contribution in [0.4, 0.5) is 0 Å². The number of esters is 1. The van der Waals surface area contributed by atoms with Crippen LogP contribution in [0.5, 0.6) is 11.5 Å². The Morgan fingerprint density at radius 1 is 0.970 bits per heavy atom. The molecule has 5 rings (SSSR count). The Kier molecular flexibility index (Phi) is 5.04. The first-order valence-electron chi connectivity index (χ1n) is 11.1. The molecule has 0 aliphatic rings. The van der Waals surface area contributed by atoms with Crippen molar-refractivity contribution in [3.8, 4) is 17.2 Å². The lowest BCUT2D eigenvalue weighted by atomic mass is 10.2. The summed E-state index contributed by atoms with van der Waals surface area (Å²) < 4.78 is 15.3. The number of hydrogen-bond acceptors (Lipinski definition) is 5. The molecular weight excluding hydrogens is 416 g/mol. The minimum absolute atomic E-state index is 0.143. The minimum Gasteiger partial charge on any atom is -0.497 e. The average molecular weight is 443 g/mol. The molecule has 0 atom stereocenters. The van der Waals surface area contributed by atoms with Crippen molar-refractivity contribution in [2.24, 2.45) is 5.92 Å². The third-order valence-corrected chi connectivity index (χ3v) is 5.71. The summed E-state index contributed by atoms with van der Waals surface area (Å²) in [6.45, 7) is 7.86. The van der Waals surface area contributed by atoms with E-state index in [9.17, 15) is 4.79 Å². The summed E-state index contributed by atoms with van der Waals surface area (Å²) in [4.78, 5) is 22.6. The van der Waals surface area contributed by atoms with Crippen LogP contribution in [0.3, 0.4) is 0 Å². The van der Waals surface area contributed by atoms with Crippen LogP contribution >= 0.6 is 0 Å². The topological polar surface area (TPSA) is 70.7 Å². The van der Waals surface area contributed by atoms with Gasteiger partial charge in [-0.1, -0.05) is 45.9 Å². The monoisotopic (exact) mass is 442 g/mol. The van der Waals surface area contributed by atoms with Crippen LogP contribution in [-0.2, 0) is 4.79 Å². The van der Waals surface area contributed by atoms with Crippen LogP contribution in [0.25, 0.3) is 33.4 Å². The number of methoxy groups -OCH3 is 1. The van der Waals surface area contributed by atoms with Crippen molar-refractivity contribution in [1.82, 2.24) is 18.9 Å². The fourth-order valence-corrected chi connectivity index (χ4v) is 4.03. The van der Waals surface area contributed by atoms with Crippen molar-refractivity contribution in [2.75, 3.05) is 7.11 Å². The molecule has 0 fully saturated rings. The van der Waals surface area contributed by atoms with Crippen LogP contribution < -0.4 is 9.47 Å². The van der Waals surface area contributed by atoms with E-state index >= 15 is 0 Å². The number of carbonyl (C=O) groups is 1. The second-order valence-corrected chi connectivity index (χ2v) is 8.72. The number of aromatic nitrogens is 4. The lowest BCUT2D eigenvalue weighted by Gasteiger charge is -2.12. The molecule has 7 heteroatoms. The molecule has 33 heavy (non-hydrogen) atoms. The highest BCUT2D eigenvalue weighted by Gasteiger charge is 2.24. The molecule has 0 aliphatic carbocycles. The molecule has 5 aromatic rings. The van der Waals surface area contributed by atoms with Gasteiger partial charge in [0.1, 0.15) is 17.0 Å². The number of hydrogen-bond donors (Lipinski definition) is 0. The van der Waals surface area contributed by atoms with E-state index in [0.717, 1.165) is 33.9 Å². The molecule has 0 saturated heterocycles. The van der Waals surface area contributed by atoms with Gasteiger partial charge in [0.15, 0.2) is 17.0 Å². The van der Waals surface area contributed by atoms with Crippen molar-refractivity contribution in [3.63, 3.8) is 0 Å². The maximum atomic E-state index is 12.6. The van der Waals surface area contributed by atoms with Gasteiger partial charge in [-0.15, -0.1) is 0 Å². The molecule has 0 saturated carbocycles. The number of imidazole rings is 1. The summed E-state index contributed by atoms with van der Waals surface area (Å²) in [6, 6.07) is 15.7. The quantitative estimate of drug-likeness (QED) is 0.335. The highest BCUT2D eigenvalue weighted by molar-refractivity contribution is 6.01. The predicted molar refractivity (Wildman–Crippen MR) is 128 cm³/mol. The Labute approximate surface area is 191 Å². The van der Waals surface area contributed by atoms with Crippen molar-refractivity contribution in [3.05, 3.63) is 60.6 Å². The Morgan fingerprint density at radius 3 is 2.48 bits per heavy atom. The lowest BCUT2D eigenvalue weighted by molar-refractivity contribution is -0.137. The van der Waals surface area contributed by atoms with E-state index in [1.54, 1.807) is 7.11 Å². The van der Waals surface area contributed by atoms with Crippen molar-refractivity contribution in [2.45, 2.75) is 33.6 Å². The van der Waals surface area contributed by atoms with Gasteiger partial charge in [-0.3, -0.25) is 13.8 Å². The first kappa shape index (κ1) is 21.0. The zero-order valence-electron chi connectivity index (χ0n) is 19.4. The molecule has 0 unspecified atom stereocenters. The highest BCUT2D eigenvalue weighted by Crippen LogP contribution is 2.37. The fraction of sp³-hybridized carbons (Fsp3) is 0.269. The molecule has 0 N–H and O–H groups in total. The second-order valence-electron chi connectivity index (χ2n) is 8.72. The SMILES string of the molecule is COc1cccc(-n2cc(OC(=O)C(C)C)c3c2nc(C(C)C)n2c4ccccc4nc32)c1. The molecule has 3 heterocycles. The van der Waals surface area contributed by atoms with E-state index in [2.05, 4.69) is 18.2 Å². The standard InChI is InChI=1S/C26H26N4O3/c1-15(2)23-28-24-22(25-27-19-11-6-7-12-20(19)30(23)25)21(33-26(31)16(3)4)14-29(24)17-9-8-10-18(13-17)32-5/h6-16H,1-5H3. The number of fused-ring (bicyclic) bond motifs is 5. The van der Waals surface area contributed by atoms with Gasteiger partial charge in [0.25, 0.3) is 0 Å². The second kappa shape index (κ2) is 7.92. The van der Waals surface area contributed by atoms with Gasteiger partial charge in [0.05, 0.1) is 35.9 Å². The highest BCUT2D eigenvalue weighted by atomic mass is 16.5. The normalized spacial score (nSPS) is 11.8. The fourth-order valence-electron chi connectivity index (χ4n) is 4.03. The van der Waals surface area contributed by atoms with Gasteiger partial charge in [-0.05, 0) is 24.3 Å². The summed E-state index contributed by atoms with van der Waals surface area (Å²) in [5.74, 6) is 1.63. The van der Waals surface area contributed by atoms with Gasteiger partial charge in [0, 0.05) is 12.0 Å². The maximum absolute atomic E-state index is 12.6. The molecule has 0 spiro atoms. The summed E-state index contributed by atoms with van der Waals surface area (Å²) in [5, 5.41) is 0.701. The number of rotatable bonds is 5. The molecule has 168 valence electrons. The van der Waals surface area contributed by atoms with Crippen LogP contribution in [0.1, 0.15) is 39.4 Å². The summed E-state index contributed by atoms with van der Waals surface area (Å²) in [7, 11) is 1.64. The number of ether oxygens (including phenoxy) is 2. The van der Waals surface area contributed by atoms with Crippen LogP contribution in [-0.4, -0.2) is 32.0 Å². The largest absolute Gasteiger partial charge is 0.497 e. The van der Waals surface area contributed by atoms with E-state index in [1.807, 2.05) is 73.1 Å². The first-order valence-corrected chi connectivity index (χ1v) is 11.1.